The number of nitrogens with one attached hydrogen (secondary N) is 1. The van der Waals surface area contributed by atoms with Crippen LogP contribution in [0.4, 0.5) is 0 Å². The van der Waals surface area contributed by atoms with Crippen molar-refractivity contribution in [3.63, 3.8) is 0 Å². The molecule has 2 aromatic rings. The topological polar surface area (TPSA) is 30.5 Å². The molecule has 0 saturated carbocycles. The van der Waals surface area contributed by atoms with E-state index in [0.717, 1.165) is 42.0 Å². The fraction of sp³-hybridized carbons (Fsp3) is 0.391. The van der Waals surface area contributed by atoms with Gasteiger partial charge in [-0.3, -0.25) is 0 Å². The highest BCUT2D eigenvalue weighted by Crippen LogP contribution is 2.40. The standard InChI is InChI=1S/C23H27NO2/c1-15-9-10-18-13-17(11-12-21(18)25-15)16(2)24-20-14-23(3,4)26-22-8-6-5-7-19(20)22/h5-8,11-13,15,20,24H,2,9-10,14H2,1,3-4H3. The molecule has 136 valence electrons. The van der Waals surface area contributed by atoms with Crippen molar-refractivity contribution in [2.45, 2.75) is 57.8 Å². The van der Waals surface area contributed by atoms with Crippen LogP contribution in [0.5, 0.6) is 11.5 Å². The molecule has 2 aliphatic heterocycles. The minimum atomic E-state index is -0.202. The van der Waals surface area contributed by atoms with Crippen molar-refractivity contribution < 1.29 is 9.47 Å². The molecule has 2 atom stereocenters. The first-order valence-corrected chi connectivity index (χ1v) is 9.45. The van der Waals surface area contributed by atoms with Gasteiger partial charge in [-0.15, -0.1) is 0 Å². The Morgan fingerprint density at radius 3 is 2.81 bits per heavy atom. The largest absolute Gasteiger partial charge is 0.490 e. The van der Waals surface area contributed by atoms with Gasteiger partial charge >= 0.3 is 0 Å². The molecule has 4 rings (SSSR count). The van der Waals surface area contributed by atoms with Crippen LogP contribution in [0.3, 0.4) is 0 Å². The minimum absolute atomic E-state index is 0.190. The van der Waals surface area contributed by atoms with Crippen LogP contribution in [0.2, 0.25) is 0 Å². The first kappa shape index (κ1) is 17.0. The van der Waals surface area contributed by atoms with E-state index in [1.54, 1.807) is 0 Å². The van der Waals surface area contributed by atoms with Gasteiger partial charge in [0.15, 0.2) is 0 Å². The number of hydrogen-bond donors (Lipinski definition) is 1. The van der Waals surface area contributed by atoms with Gasteiger partial charge in [0.1, 0.15) is 17.1 Å². The average molecular weight is 349 g/mol. The van der Waals surface area contributed by atoms with Crippen LogP contribution in [0.15, 0.2) is 49.0 Å². The molecule has 2 aromatic carbocycles. The van der Waals surface area contributed by atoms with E-state index in [4.69, 9.17) is 9.47 Å². The van der Waals surface area contributed by atoms with E-state index < -0.39 is 0 Å². The normalized spacial score (nSPS) is 23.0. The molecule has 3 heteroatoms. The van der Waals surface area contributed by atoms with Gasteiger partial charge in [0, 0.05) is 17.7 Å². The summed E-state index contributed by atoms with van der Waals surface area (Å²) in [4.78, 5) is 0. The Morgan fingerprint density at radius 1 is 1.15 bits per heavy atom. The lowest BCUT2D eigenvalue weighted by Gasteiger charge is -2.38. The van der Waals surface area contributed by atoms with Crippen molar-refractivity contribution in [1.82, 2.24) is 5.32 Å². The lowest BCUT2D eigenvalue weighted by molar-refractivity contribution is 0.0691. The van der Waals surface area contributed by atoms with Crippen molar-refractivity contribution in [2.75, 3.05) is 0 Å². The number of para-hydroxylation sites is 1. The Morgan fingerprint density at radius 2 is 1.96 bits per heavy atom. The van der Waals surface area contributed by atoms with Crippen LogP contribution in [0.25, 0.3) is 5.70 Å². The van der Waals surface area contributed by atoms with Gasteiger partial charge in [-0.25, -0.2) is 0 Å². The molecule has 0 aliphatic carbocycles. The zero-order chi connectivity index (χ0) is 18.3. The summed E-state index contributed by atoms with van der Waals surface area (Å²) in [6.07, 6.45) is 3.33. The highest BCUT2D eigenvalue weighted by atomic mass is 16.5. The van der Waals surface area contributed by atoms with Gasteiger partial charge < -0.3 is 14.8 Å². The van der Waals surface area contributed by atoms with Gasteiger partial charge in [-0.2, -0.15) is 0 Å². The monoisotopic (exact) mass is 349 g/mol. The predicted molar refractivity (Wildman–Crippen MR) is 106 cm³/mol. The molecule has 0 bridgehead atoms. The summed E-state index contributed by atoms with van der Waals surface area (Å²) >= 11 is 0. The third-order valence-corrected chi connectivity index (χ3v) is 5.28. The molecule has 2 heterocycles. The van der Waals surface area contributed by atoms with Crippen LogP contribution in [-0.2, 0) is 6.42 Å². The number of fused-ring (bicyclic) bond motifs is 2. The fourth-order valence-corrected chi connectivity index (χ4v) is 3.94. The van der Waals surface area contributed by atoms with Crippen LogP contribution >= 0.6 is 0 Å². The second-order valence-electron chi connectivity index (χ2n) is 8.07. The Balaban J connectivity index is 1.57. The molecule has 2 unspecified atom stereocenters. The molecule has 1 N–H and O–H groups in total. The Hall–Kier alpha value is -2.42. The second kappa shape index (κ2) is 6.39. The van der Waals surface area contributed by atoms with E-state index in [1.165, 1.54) is 11.1 Å². The minimum Gasteiger partial charge on any atom is -0.490 e. The van der Waals surface area contributed by atoms with Crippen molar-refractivity contribution in [1.29, 1.82) is 0 Å². The van der Waals surface area contributed by atoms with Crippen LogP contribution in [0, 0.1) is 0 Å². The van der Waals surface area contributed by atoms with Crippen LogP contribution in [-0.4, -0.2) is 11.7 Å². The van der Waals surface area contributed by atoms with E-state index in [-0.39, 0.29) is 11.6 Å². The summed E-state index contributed by atoms with van der Waals surface area (Å²) in [6, 6.07) is 14.9. The van der Waals surface area contributed by atoms with E-state index in [0.29, 0.717) is 6.10 Å². The van der Waals surface area contributed by atoms with Gasteiger partial charge in [0.2, 0.25) is 0 Å². The number of hydrogen-bond acceptors (Lipinski definition) is 3. The molecule has 0 fully saturated rings. The SMILES string of the molecule is C=C(NC1CC(C)(C)Oc2ccccc21)c1ccc2c(c1)CCC(C)O2. The molecular formula is C23H27NO2. The Bertz CT molecular complexity index is 840. The van der Waals surface area contributed by atoms with Crippen molar-refractivity contribution in [2.24, 2.45) is 0 Å². The van der Waals surface area contributed by atoms with Crippen LogP contribution in [0.1, 0.15) is 56.3 Å². The average Bonchev–Trinajstić information content (AvgIpc) is 2.60. The van der Waals surface area contributed by atoms with Crippen molar-refractivity contribution in [3.05, 3.63) is 65.7 Å². The molecule has 0 aromatic heterocycles. The molecule has 2 aliphatic rings. The fourth-order valence-electron chi connectivity index (χ4n) is 3.94. The van der Waals surface area contributed by atoms with Gasteiger partial charge in [-0.05, 0) is 69.0 Å². The first-order valence-electron chi connectivity index (χ1n) is 9.45. The predicted octanol–water partition coefficient (Wildman–Crippen LogP) is 5.26. The highest BCUT2D eigenvalue weighted by Gasteiger charge is 2.33. The molecule has 0 spiro atoms. The van der Waals surface area contributed by atoms with Crippen molar-refractivity contribution >= 4 is 5.70 Å². The van der Waals surface area contributed by atoms with Gasteiger partial charge in [-0.1, -0.05) is 24.8 Å². The maximum Gasteiger partial charge on any atom is 0.125 e. The van der Waals surface area contributed by atoms with Crippen LogP contribution < -0.4 is 14.8 Å². The van der Waals surface area contributed by atoms with E-state index in [9.17, 15) is 0 Å². The third kappa shape index (κ3) is 3.31. The number of ether oxygens (including phenoxy) is 2. The second-order valence-corrected chi connectivity index (χ2v) is 8.07. The zero-order valence-corrected chi connectivity index (χ0v) is 15.8. The summed E-state index contributed by atoms with van der Waals surface area (Å²) in [6.45, 7) is 10.7. The maximum atomic E-state index is 6.14. The number of rotatable bonds is 3. The maximum absolute atomic E-state index is 6.14. The smallest absolute Gasteiger partial charge is 0.125 e. The summed E-state index contributed by atoms with van der Waals surface area (Å²) in [5, 5.41) is 3.65. The lowest BCUT2D eigenvalue weighted by Crippen LogP contribution is -2.39. The molecule has 0 radical (unpaired) electrons. The molecule has 0 amide bonds. The molecular weight excluding hydrogens is 322 g/mol. The van der Waals surface area contributed by atoms with E-state index >= 15 is 0 Å². The Labute approximate surface area is 156 Å². The Kier molecular flexibility index (Phi) is 4.18. The van der Waals surface area contributed by atoms with Crippen molar-refractivity contribution in [3.8, 4) is 11.5 Å². The molecule has 0 saturated heterocycles. The third-order valence-electron chi connectivity index (χ3n) is 5.28. The summed E-state index contributed by atoms with van der Waals surface area (Å²) in [5.41, 5.74) is 4.35. The van der Waals surface area contributed by atoms with E-state index in [1.807, 2.05) is 12.1 Å². The van der Waals surface area contributed by atoms with Gasteiger partial charge in [0.25, 0.3) is 0 Å². The zero-order valence-electron chi connectivity index (χ0n) is 15.8. The number of benzene rings is 2. The summed E-state index contributed by atoms with van der Waals surface area (Å²) < 4.78 is 12.1. The molecule has 3 nitrogen and oxygen atoms in total. The molecule has 26 heavy (non-hydrogen) atoms. The van der Waals surface area contributed by atoms with Gasteiger partial charge in [0.05, 0.1) is 12.1 Å². The summed E-state index contributed by atoms with van der Waals surface area (Å²) in [5.74, 6) is 1.97. The lowest BCUT2D eigenvalue weighted by atomic mass is 9.89. The number of aryl methyl sites for hydroxylation is 1. The first-order chi connectivity index (χ1) is 12.4. The van der Waals surface area contributed by atoms with E-state index in [2.05, 4.69) is 63.0 Å². The quantitative estimate of drug-likeness (QED) is 0.819. The summed E-state index contributed by atoms with van der Waals surface area (Å²) in [7, 11) is 0. The highest BCUT2D eigenvalue weighted by molar-refractivity contribution is 5.64.